The fourth-order valence-electron chi connectivity index (χ4n) is 1.91. The number of hydrogen-bond donors (Lipinski definition) is 2. The Morgan fingerprint density at radius 2 is 1.54 bits per heavy atom. The molecule has 0 aromatic heterocycles. The molecule has 2 aromatic rings. The third-order valence-corrected chi connectivity index (χ3v) is 3.10. The van der Waals surface area contributed by atoms with E-state index in [-0.39, 0.29) is 17.9 Å². The number of aromatic hydroxyl groups is 1. The molecular formula is C14H9F3N4O5. The Kier molecular flexibility index (Phi) is 5.05. The minimum Gasteiger partial charge on any atom is -0.508 e. The molecule has 0 aliphatic rings. The smallest absolute Gasteiger partial charge is 0.416 e. The van der Waals surface area contributed by atoms with Crippen molar-refractivity contribution in [2.45, 2.75) is 6.18 Å². The van der Waals surface area contributed by atoms with E-state index in [1.54, 1.807) is 0 Å². The molecule has 0 heterocycles. The molecule has 0 spiro atoms. The molecule has 0 saturated heterocycles. The van der Waals surface area contributed by atoms with Crippen molar-refractivity contribution in [2.24, 2.45) is 5.10 Å². The first kappa shape index (κ1) is 18.6. The highest BCUT2D eigenvalue weighted by atomic mass is 19.4. The molecule has 0 bridgehead atoms. The summed E-state index contributed by atoms with van der Waals surface area (Å²) in [6.07, 6.45) is -3.88. The van der Waals surface area contributed by atoms with E-state index in [1.165, 1.54) is 24.3 Å². The predicted octanol–water partition coefficient (Wildman–Crippen LogP) is 3.67. The summed E-state index contributed by atoms with van der Waals surface area (Å²) in [4.78, 5) is 19.7. The van der Waals surface area contributed by atoms with Crippen molar-refractivity contribution >= 4 is 23.3 Å². The molecule has 0 aliphatic carbocycles. The van der Waals surface area contributed by atoms with Crippen molar-refractivity contribution in [3.05, 3.63) is 67.8 Å². The lowest BCUT2D eigenvalue weighted by atomic mass is 10.1. The van der Waals surface area contributed by atoms with Crippen LogP contribution in [0.25, 0.3) is 0 Å². The molecular weight excluding hydrogens is 361 g/mol. The van der Waals surface area contributed by atoms with E-state index in [0.717, 1.165) is 6.21 Å². The minimum atomic E-state index is -5.00. The largest absolute Gasteiger partial charge is 0.508 e. The van der Waals surface area contributed by atoms with Gasteiger partial charge in [-0.15, -0.1) is 0 Å². The number of nitro groups is 2. The van der Waals surface area contributed by atoms with E-state index >= 15 is 0 Å². The fraction of sp³-hybridized carbons (Fsp3) is 0.0714. The molecule has 2 N–H and O–H groups in total. The number of anilines is 1. The Hall–Kier alpha value is -3.70. The minimum absolute atomic E-state index is 0.0240. The number of benzene rings is 2. The second-order valence-corrected chi connectivity index (χ2v) is 4.86. The van der Waals surface area contributed by atoms with Crippen molar-refractivity contribution in [1.29, 1.82) is 0 Å². The van der Waals surface area contributed by atoms with E-state index in [2.05, 4.69) is 5.10 Å². The Labute approximate surface area is 142 Å². The van der Waals surface area contributed by atoms with Crippen LogP contribution in [0.15, 0.2) is 41.5 Å². The van der Waals surface area contributed by atoms with Crippen molar-refractivity contribution in [3.8, 4) is 5.75 Å². The molecule has 0 aliphatic heterocycles. The van der Waals surface area contributed by atoms with E-state index in [9.17, 15) is 33.4 Å². The maximum Gasteiger partial charge on any atom is 0.416 e. The molecule has 12 heteroatoms. The Morgan fingerprint density at radius 1 is 1.04 bits per heavy atom. The highest BCUT2D eigenvalue weighted by Crippen LogP contribution is 2.41. The second-order valence-electron chi connectivity index (χ2n) is 4.86. The van der Waals surface area contributed by atoms with Gasteiger partial charge in [0, 0.05) is 12.1 Å². The van der Waals surface area contributed by atoms with Crippen LogP contribution in [0.3, 0.4) is 0 Å². The molecule has 0 radical (unpaired) electrons. The summed E-state index contributed by atoms with van der Waals surface area (Å²) in [6, 6.07) is 5.87. The van der Waals surface area contributed by atoms with Crippen LogP contribution in [0.4, 0.5) is 30.2 Å². The number of phenols is 1. The van der Waals surface area contributed by atoms with Gasteiger partial charge in [-0.05, 0) is 29.8 Å². The molecule has 0 amide bonds. The number of rotatable bonds is 5. The topological polar surface area (TPSA) is 131 Å². The highest BCUT2D eigenvalue weighted by Gasteiger charge is 2.37. The molecule has 9 nitrogen and oxygen atoms in total. The van der Waals surface area contributed by atoms with E-state index in [0.29, 0.717) is 5.56 Å². The monoisotopic (exact) mass is 370 g/mol. The zero-order valence-electron chi connectivity index (χ0n) is 12.6. The average Bonchev–Trinajstić information content (AvgIpc) is 2.55. The third kappa shape index (κ3) is 4.23. The SMILES string of the molecule is O=[N+]([O-])c1cc(C(F)(F)F)cc([N+](=O)[O-])c1N/N=C/c1ccc(O)cc1. The average molecular weight is 370 g/mol. The number of nitro benzene ring substituents is 2. The molecule has 2 aromatic carbocycles. The number of nitrogens with zero attached hydrogens (tertiary/aromatic N) is 3. The van der Waals surface area contributed by atoms with Gasteiger partial charge in [0.2, 0.25) is 5.69 Å². The van der Waals surface area contributed by atoms with Crippen molar-refractivity contribution in [1.82, 2.24) is 0 Å². The summed E-state index contributed by atoms with van der Waals surface area (Å²) >= 11 is 0. The maximum atomic E-state index is 12.8. The zero-order valence-corrected chi connectivity index (χ0v) is 12.6. The summed E-state index contributed by atoms with van der Waals surface area (Å²) in [5, 5.41) is 34.8. The van der Waals surface area contributed by atoms with Crippen molar-refractivity contribution in [3.63, 3.8) is 0 Å². The van der Waals surface area contributed by atoms with Gasteiger partial charge in [-0.2, -0.15) is 18.3 Å². The number of halogens is 3. The van der Waals surface area contributed by atoms with E-state index in [1.807, 2.05) is 5.43 Å². The van der Waals surface area contributed by atoms with Crippen LogP contribution in [-0.4, -0.2) is 21.2 Å². The van der Waals surface area contributed by atoms with Crippen LogP contribution in [0.2, 0.25) is 0 Å². The highest BCUT2D eigenvalue weighted by molar-refractivity contribution is 5.82. The fourth-order valence-corrected chi connectivity index (χ4v) is 1.91. The molecule has 0 unspecified atom stereocenters. The lowest BCUT2D eigenvalue weighted by Gasteiger charge is -2.09. The second kappa shape index (κ2) is 7.04. The summed E-state index contributed by atoms with van der Waals surface area (Å²) in [6.45, 7) is 0. The van der Waals surface area contributed by atoms with Crippen LogP contribution in [0.1, 0.15) is 11.1 Å². The molecule has 0 fully saturated rings. The van der Waals surface area contributed by atoms with Crippen LogP contribution >= 0.6 is 0 Å². The van der Waals surface area contributed by atoms with Gasteiger partial charge < -0.3 is 5.11 Å². The van der Waals surface area contributed by atoms with Gasteiger partial charge in [0.05, 0.1) is 21.6 Å². The number of nitrogens with one attached hydrogen (secondary N) is 1. The van der Waals surface area contributed by atoms with Gasteiger partial charge in [0.15, 0.2) is 0 Å². The summed E-state index contributed by atoms with van der Waals surface area (Å²) < 4.78 is 38.4. The van der Waals surface area contributed by atoms with Gasteiger partial charge >= 0.3 is 17.6 Å². The van der Waals surface area contributed by atoms with Gasteiger partial charge in [0.1, 0.15) is 5.75 Å². The van der Waals surface area contributed by atoms with E-state index in [4.69, 9.17) is 5.11 Å². The molecule has 136 valence electrons. The molecule has 26 heavy (non-hydrogen) atoms. The standard InChI is InChI=1S/C14H9F3N4O5/c15-14(16,17)9-5-11(20(23)24)13(12(6-9)21(25)26)19-18-7-8-1-3-10(22)4-2-8/h1-7,19,22H/b18-7+. The van der Waals surface area contributed by atoms with E-state index < -0.39 is 38.6 Å². The first-order chi connectivity index (χ1) is 12.1. The van der Waals surface area contributed by atoms with Crippen LogP contribution in [-0.2, 0) is 6.18 Å². The number of phenolic OH excluding ortho intramolecular Hbond substituents is 1. The van der Waals surface area contributed by atoms with Gasteiger partial charge in [-0.25, -0.2) is 0 Å². The van der Waals surface area contributed by atoms with Gasteiger partial charge in [-0.3, -0.25) is 25.7 Å². The molecule has 2 rings (SSSR count). The van der Waals surface area contributed by atoms with Crippen LogP contribution < -0.4 is 5.43 Å². The molecule has 0 saturated carbocycles. The predicted molar refractivity (Wildman–Crippen MR) is 84.1 cm³/mol. The van der Waals surface area contributed by atoms with Gasteiger partial charge in [-0.1, -0.05) is 0 Å². The Bertz CT molecular complexity index is 846. The first-order valence-corrected chi connectivity index (χ1v) is 6.71. The van der Waals surface area contributed by atoms with Crippen molar-refractivity contribution < 1.29 is 28.1 Å². The lowest BCUT2D eigenvalue weighted by molar-refractivity contribution is -0.392. The number of alkyl halides is 3. The van der Waals surface area contributed by atoms with Crippen molar-refractivity contribution in [2.75, 3.05) is 5.43 Å². The number of hydrogen-bond acceptors (Lipinski definition) is 7. The first-order valence-electron chi connectivity index (χ1n) is 6.71. The van der Waals surface area contributed by atoms with Gasteiger partial charge in [0.25, 0.3) is 0 Å². The quantitative estimate of drug-likeness (QED) is 0.469. The summed E-state index contributed by atoms with van der Waals surface area (Å²) in [5.41, 5.74) is -2.13. The van der Waals surface area contributed by atoms with Crippen LogP contribution in [0, 0.1) is 20.2 Å². The number of hydrazone groups is 1. The Morgan fingerprint density at radius 3 is 1.96 bits per heavy atom. The lowest BCUT2D eigenvalue weighted by Crippen LogP contribution is -2.09. The Balaban J connectivity index is 2.46. The zero-order chi connectivity index (χ0) is 19.5. The maximum absolute atomic E-state index is 12.8. The normalized spacial score (nSPS) is 11.5. The van der Waals surface area contributed by atoms with Crippen LogP contribution in [0.5, 0.6) is 5.75 Å². The molecule has 0 atom stereocenters. The summed E-state index contributed by atoms with van der Waals surface area (Å²) in [7, 11) is 0. The summed E-state index contributed by atoms with van der Waals surface area (Å²) in [5.74, 6) is -0.0240. The third-order valence-electron chi connectivity index (χ3n) is 3.10.